The summed E-state index contributed by atoms with van der Waals surface area (Å²) in [7, 11) is 0. The van der Waals surface area contributed by atoms with Crippen LogP contribution >= 0.6 is 0 Å². The van der Waals surface area contributed by atoms with E-state index in [0.717, 1.165) is 19.3 Å². The van der Waals surface area contributed by atoms with Crippen molar-refractivity contribution in [1.29, 1.82) is 0 Å². The molecule has 0 bridgehead atoms. The van der Waals surface area contributed by atoms with Gasteiger partial charge < -0.3 is 14.6 Å². The Balaban J connectivity index is 3.36. The van der Waals surface area contributed by atoms with E-state index in [-0.39, 0.29) is 12.6 Å². The van der Waals surface area contributed by atoms with E-state index in [1.54, 1.807) is 0 Å². The molecule has 0 aliphatic carbocycles. The van der Waals surface area contributed by atoms with Crippen LogP contribution in [0.4, 0.5) is 0 Å². The Morgan fingerprint density at radius 3 is 1.06 bits per heavy atom. The fourth-order valence-electron chi connectivity index (χ4n) is 7.32. The lowest BCUT2D eigenvalue weighted by atomic mass is 10.0. The van der Waals surface area contributed by atoms with Crippen LogP contribution in [0.3, 0.4) is 0 Å². The average molecular weight is 761 g/mol. The minimum absolute atomic E-state index is 0.171. The molecule has 0 aliphatic heterocycles. The highest BCUT2D eigenvalue weighted by Crippen LogP contribution is 2.15. The van der Waals surface area contributed by atoms with Crippen LogP contribution in [-0.2, 0) is 14.3 Å². The summed E-state index contributed by atoms with van der Waals surface area (Å²) in [6.07, 6.45) is 59.8. The van der Waals surface area contributed by atoms with Gasteiger partial charge in [-0.2, -0.15) is 0 Å². The molecule has 0 spiro atoms. The van der Waals surface area contributed by atoms with Crippen molar-refractivity contribution in [3.05, 3.63) is 24.3 Å². The van der Waals surface area contributed by atoms with Gasteiger partial charge in [-0.3, -0.25) is 4.79 Å². The number of aliphatic hydroxyl groups is 1. The summed E-state index contributed by atoms with van der Waals surface area (Å²) in [5, 5.41) is 9.62. The van der Waals surface area contributed by atoms with E-state index < -0.39 is 6.10 Å². The quantitative estimate of drug-likeness (QED) is 0.0381. The Hall–Kier alpha value is -1.13. The van der Waals surface area contributed by atoms with Crippen LogP contribution in [0.1, 0.15) is 264 Å². The molecular weight excluding hydrogens is 665 g/mol. The zero-order chi connectivity index (χ0) is 39.1. The highest BCUT2D eigenvalue weighted by Gasteiger charge is 2.13. The summed E-state index contributed by atoms with van der Waals surface area (Å²) in [6, 6.07) is 0. The molecule has 1 unspecified atom stereocenters. The third-order valence-electron chi connectivity index (χ3n) is 11.0. The molecule has 0 fully saturated rings. The van der Waals surface area contributed by atoms with Crippen molar-refractivity contribution < 1.29 is 19.4 Å². The average Bonchev–Trinajstić information content (AvgIpc) is 3.18. The van der Waals surface area contributed by atoms with Crippen LogP contribution in [0, 0.1) is 0 Å². The highest BCUT2D eigenvalue weighted by atomic mass is 16.6. The SMILES string of the molecule is CCCCCCCCC/C=C\CCCCCCCC(=O)OC(CO)COCCCCCCCCCCCCCCCC/C=C\CCCCCCCCCC. The second-order valence-electron chi connectivity index (χ2n) is 16.5. The number of allylic oxidation sites excluding steroid dienone is 4. The summed E-state index contributed by atoms with van der Waals surface area (Å²) in [5.41, 5.74) is 0. The Labute approximate surface area is 338 Å². The molecule has 0 aromatic carbocycles. The van der Waals surface area contributed by atoms with E-state index in [1.165, 1.54) is 225 Å². The van der Waals surface area contributed by atoms with Gasteiger partial charge in [0.25, 0.3) is 0 Å². The Bertz CT molecular complexity index is 762. The van der Waals surface area contributed by atoms with E-state index in [1.807, 2.05) is 0 Å². The first kappa shape index (κ1) is 52.9. The summed E-state index contributed by atoms with van der Waals surface area (Å²) in [4.78, 5) is 12.2. The number of aliphatic hydroxyl groups excluding tert-OH is 1. The minimum Gasteiger partial charge on any atom is -0.457 e. The summed E-state index contributed by atoms with van der Waals surface area (Å²) < 4.78 is 11.2. The van der Waals surface area contributed by atoms with Crippen molar-refractivity contribution in [3.8, 4) is 0 Å². The molecule has 0 amide bonds. The van der Waals surface area contributed by atoms with Crippen LogP contribution < -0.4 is 0 Å². The van der Waals surface area contributed by atoms with E-state index >= 15 is 0 Å². The predicted octanol–water partition coefficient (Wildman–Crippen LogP) is 16.3. The summed E-state index contributed by atoms with van der Waals surface area (Å²) in [5.74, 6) is -0.205. The molecule has 0 radical (unpaired) electrons. The number of unbranched alkanes of at least 4 members (excludes halogenated alkanes) is 34. The minimum atomic E-state index is -0.535. The van der Waals surface area contributed by atoms with Crippen LogP contribution in [0.25, 0.3) is 0 Å². The van der Waals surface area contributed by atoms with Crippen LogP contribution in [0.5, 0.6) is 0 Å². The zero-order valence-electron chi connectivity index (χ0n) is 36.8. The molecule has 4 heteroatoms. The fraction of sp³-hybridized carbons (Fsp3) is 0.900. The molecule has 4 nitrogen and oxygen atoms in total. The van der Waals surface area contributed by atoms with Gasteiger partial charge in [-0.1, -0.05) is 218 Å². The number of carbonyl (C=O) groups excluding carboxylic acids is 1. The van der Waals surface area contributed by atoms with Gasteiger partial charge in [-0.25, -0.2) is 0 Å². The lowest BCUT2D eigenvalue weighted by Gasteiger charge is -2.15. The van der Waals surface area contributed by atoms with Gasteiger partial charge in [0.05, 0.1) is 13.2 Å². The molecule has 0 aromatic heterocycles. The van der Waals surface area contributed by atoms with E-state index in [0.29, 0.717) is 19.6 Å². The molecule has 320 valence electrons. The molecule has 1 N–H and O–H groups in total. The number of hydrogen-bond donors (Lipinski definition) is 1. The lowest BCUT2D eigenvalue weighted by molar-refractivity contribution is -0.154. The van der Waals surface area contributed by atoms with Gasteiger partial charge in [-0.15, -0.1) is 0 Å². The zero-order valence-corrected chi connectivity index (χ0v) is 36.8. The van der Waals surface area contributed by atoms with Gasteiger partial charge in [0.1, 0.15) is 6.10 Å². The van der Waals surface area contributed by atoms with Crippen LogP contribution in [-0.4, -0.2) is 37.0 Å². The maximum Gasteiger partial charge on any atom is 0.306 e. The molecule has 0 rings (SSSR count). The molecular formula is C50H96O4. The molecule has 54 heavy (non-hydrogen) atoms. The summed E-state index contributed by atoms with van der Waals surface area (Å²) >= 11 is 0. The van der Waals surface area contributed by atoms with Gasteiger partial charge in [-0.05, 0) is 64.2 Å². The molecule has 0 heterocycles. The maximum absolute atomic E-state index is 12.2. The molecule has 0 saturated heterocycles. The molecule has 0 aliphatic rings. The summed E-state index contributed by atoms with van der Waals surface area (Å²) in [6.45, 7) is 5.37. The van der Waals surface area contributed by atoms with Crippen molar-refractivity contribution in [3.63, 3.8) is 0 Å². The standard InChI is InChI=1S/C50H96O4/c1-3-5-7-9-11-13-15-17-19-21-22-23-24-25-26-27-28-29-30-32-34-36-38-40-42-44-46-53-48-49(47-51)54-50(52)45-43-41-39-37-35-33-31-20-18-16-14-12-10-8-6-4-2/h20-22,31,49,51H,3-19,23-30,32-48H2,1-2H3/b22-21-,31-20-. The van der Waals surface area contributed by atoms with Crippen molar-refractivity contribution in [2.45, 2.75) is 270 Å². The number of rotatable bonds is 46. The van der Waals surface area contributed by atoms with E-state index in [4.69, 9.17) is 9.47 Å². The second-order valence-corrected chi connectivity index (χ2v) is 16.5. The van der Waals surface area contributed by atoms with Gasteiger partial charge in [0.2, 0.25) is 0 Å². The van der Waals surface area contributed by atoms with Gasteiger partial charge in [0.15, 0.2) is 0 Å². The lowest BCUT2D eigenvalue weighted by Crippen LogP contribution is -2.27. The van der Waals surface area contributed by atoms with E-state index in [9.17, 15) is 9.90 Å². The van der Waals surface area contributed by atoms with Crippen molar-refractivity contribution in [1.82, 2.24) is 0 Å². The normalized spacial score (nSPS) is 12.4. The van der Waals surface area contributed by atoms with Crippen LogP contribution in [0.2, 0.25) is 0 Å². The van der Waals surface area contributed by atoms with Crippen molar-refractivity contribution in [2.75, 3.05) is 19.8 Å². The topological polar surface area (TPSA) is 55.8 Å². The van der Waals surface area contributed by atoms with Crippen molar-refractivity contribution >= 4 is 5.97 Å². The second kappa shape index (κ2) is 48.0. The Morgan fingerprint density at radius 2 is 0.722 bits per heavy atom. The first-order valence-corrected chi connectivity index (χ1v) is 24.4. The molecule has 0 saturated carbocycles. The third kappa shape index (κ3) is 45.3. The number of carbonyl (C=O) groups is 1. The fourth-order valence-corrected chi connectivity index (χ4v) is 7.32. The molecule has 0 aromatic rings. The Kier molecular flexibility index (Phi) is 47.0. The van der Waals surface area contributed by atoms with Crippen LogP contribution in [0.15, 0.2) is 24.3 Å². The number of esters is 1. The smallest absolute Gasteiger partial charge is 0.306 e. The largest absolute Gasteiger partial charge is 0.457 e. The van der Waals surface area contributed by atoms with E-state index in [2.05, 4.69) is 38.2 Å². The molecule has 1 atom stereocenters. The van der Waals surface area contributed by atoms with Crippen molar-refractivity contribution in [2.24, 2.45) is 0 Å². The van der Waals surface area contributed by atoms with Gasteiger partial charge >= 0.3 is 5.97 Å². The van der Waals surface area contributed by atoms with Gasteiger partial charge in [0, 0.05) is 13.0 Å². The first-order valence-electron chi connectivity index (χ1n) is 24.4. The predicted molar refractivity (Wildman–Crippen MR) is 237 cm³/mol. The number of ether oxygens (including phenoxy) is 2. The highest BCUT2D eigenvalue weighted by molar-refractivity contribution is 5.69. The first-order chi connectivity index (χ1) is 26.7. The number of hydrogen-bond acceptors (Lipinski definition) is 4. The third-order valence-corrected chi connectivity index (χ3v) is 11.0. The Morgan fingerprint density at radius 1 is 0.426 bits per heavy atom. The maximum atomic E-state index is 12.2. The monoisotopic (exact) mass is 761 g/mol.